The molecule has 0 fully saturated rings. The van der Waals surface area contributed by atoms with Crippen LogP contribution in [0.1, 0.15) is 0 Å². The average molecular weight is 879 g/mol. The fourth-order valence-corrected chi connectivity index (χ4v) is 8.60. The van der Waals surface area contributed by atoms with Crippen molar-refractivity contribution in [2.24, 2.45) is 0 Å². The molecule has 2 rings (SSSR count). The zero-order valence-electron chi connectivity index (χ0n) is 17.6. The zero-order chi connectivity index (χ0) is 23.4. The molecule has 22 heteroatoms. The minimum atomic E-state index is -5.35. The van der Waals surface area contributed by atoms with Gasteiger partial charge in [-0.2, -0.15) is 0 Å². The Morgan fingerprint density at radius 2 is 0.588 bits per heavy atom. The monoisotopic (exact) mass is 878 g/mol. The summed E-state index contributed by atoms with van der Waals surface area (Å²) in [4.78, 5) is -4.70. The van der Waals surface area contributed by atoms with E-state index >= 15 is 0 Å². The van der Waals surface area contributed by atoms with Crippen LogP contribution in [0.25, 0.3) is 11.1 Å². The second-order valence-electron chi connectivity index (χ2n) is 5.39. The van der Waals surface area contributed by atoms with Crippen LogP contribution in [0.3, 0.4) is 0 Å². The molecule has 0 atom stereocenters. The predicted molar refractivity (Wildman–Crippen MR) is 109 cm³/mol. The summed E-state index contributed by atoms with van der Waals surface area (Å²) in [6, 6.07) is 2.18. The molecule has 34 heavy (non-hydrogen) atoms. The summed E-state index contributed by atoms with van der Waals surface area (Å²) >= 11 is 2.24. The summed E-state index contributed by atoms with van der Waals surface area (Å²) in [6.07, 6.45) is 0. The summed E-state index contributed by atoms with van der Waals surface area (Å²) in [5.74, 6) is 0. The van der Waals surface area contributed by atoms with Gasteiger partial charge in [0, 0.05) is 7.14 Å². The van der Waals surface area contributed by atoms with Crippen LogP contribution in [0.4, 0.5) is 0 Å². The van der Waals surface area contributed by atoms with Gasteiger partial charge in [0.25, 0.3) is 0 Å². The minimum Gasteiger partial charge on any atom is -0.744 e. The van der Waals surface area contributed by atoms with Crippen LogP contribution >= 0.6 is 45.2 Å². The second-order valence-corrected chi connectivity index (χ2v) is 12.9. The van der Waals surface area contributed by atoms with Gasteiger partial charge in [-0.1, -0.05) is 0 Å². The van der Waals surface area contributed by atoms with E-state index in [0.717, 1.165) is 45.2 Å². The molecule has 0 saturated carbocycles. The Hall–Kier alpha value is 6.09. The first-order valence-corrected chi connectivity index (χ1v) is 14.5. The minimum absolute atomic E-state index is 0. The van der Waals surface area contributed by atoms with Crippen LogP contribution in [-0.4, -0.2) is 51.9 Å². The first-order chi connectivity index (χ1) is 13.2. The van der Waals surface area contributed by atoms with Crippen molar-refractivity contribution in [1.29, 1.82) is 0 Å². The van der Waals surface area contributed by atoms with Gasteiger partial charge in [0.15, 0.2) is 0 Å². The van der Waals surface area contributed by atoms with E-state index in [-0.39, 0.29) is 206 Å². The molecule has 0 amide bonds. The Kier molecular flexibility index (Phi) is 22.0. The molecule has 0 spiro atoms. The molecule has 2 aromatic rings. The first kappa shape index (κ1) is 44.5. The van der Waals surface area contributed by atoms with E-state index in [2.05, 4.69) is 0 Å². The second kappa shape index (κ2) is 16.8. The number of hydrogen-bond donors (Lipinski definition) is 0. The zero-order valence-corrected chi connectivity index (χ0v) is 37.7. The Bertz CT molecular complexity index is 1290. The molecule has 0 aliphatic carbocycles. The molecule has 0 N–H and O–H groups in total. The van der Waals surface area contributed by atoms with E-state index in [1.165, 1.54) is 0 Å². The smallest absolute Gasteiger partial charge is 0.744 e. The molecule has 0 heterocycles. The van der Waals surface area contributed by atoms with Crippen LogP contribution in [0.5, 0.6) is 0 Å². The van der Waals surface area contributed by atoms with E-state index < -0.39 is 78.3 Å². The van der Waals surface area contributed by atoms with Crippen molar-refractivity contribution in [1.82, 2.24) is 0 Å². The van der Waals surface area contributed by atoms with Crippen molar-refractivity contribution >= 4 is 85.7 Å². The molecule has 0 aliphatic rings. The van der Waals surface area contributed by atoms with Gasteiger partial charge in [0.2, 0.25) is 0 Å². The predicted octanol–water partition coefficient (Wildman–Crippen LogP) is -11.8. The largest absolute Gasteiger partial charge is 1.00 e. The molecule has 0 saturated heterocycles. The Morgan fingerprint density at radius 3 is 0.706 bits per heavy atom. The molecule has 12 nitrogen and oxygen atoms in total. The summed E-state index contributed by atoms with van der Waals surface area (Å²) in [5.41, 5.74) is -1.24. The van der Waals surface area contributed by atoms with Gasteiger partial charge in [0.1, 0.15) is 40.5 Å². The van der Waals surface area contributed by atoms with Crippen molar-refractivity contribution in [2.45, 2.75) is 19.6 Å². The van der Waals surface area contributed by atoms with Crippen LogP contribution < -0.4 is 206 Å². The Morgan fingerprint density at radius 1 is 0.441 bits per heavy atom. The van der Waals surface area contributed by atoms with Crippen LogP contribution in [0.15, 0.2) is 43.8 Å². The van der Waals surface area contributed by atoms with Gasteiger partial charge in [-0.3, -0.25) is 0 Å². The fraction of sp³-hybridized carbons (Fsp3) is 0. The number of benzene rings is 2. The van der Waals surface area contributed by atoms with Gasteiger partial charge in [0.05, 0.1) is 19.6 Å². The van der Waals surface area contributed by atoms with Crippen molar-refractivity contribution in [3.8, 4) is 11.1 Å². The summed E-state index contributed by atoms with van der Waals surface area (Å²) in [7, 11) is -21.4. The van der Waals surface area contributed by atoms with Gasteiger partial charge in [-0.15, -0.1) is 0 Å². The molecular formula is C12H4I2K4O12S4. The summed E-state index contributed by atoms with van der Waals surface area (Å²) < 4.78 is 136. The maximum absolute atomic E-state index is 11.5. The molecule has 0 unspecified atom stereocenters. The third-order valence-electron chi connectivity index (χ3n) is 3.42. The van der Waals surface area contributed by atoms with E-state index in [9.17, 15) is 51.9 Å². The van der Waals surface area contributed by atoms with Crippen molar-refractivity contribution in [2.75, 3.05) is 0 Å². The Labute approximate surface area is 393 Å². The van der Waals surface area contributed by atoms with E-state index in [1.807, 2.05) is 0 Å². The van der Waals surface area contributed by atoms with Crippen LogP contribution in [0.2, 0.25) is 0 Å². The molecule has 2 aromatic carbocycles. The van der Waals surface area contributed by atoms with Crippen LogP contribution in [0, 0.1) is 7.14 Å². The normalized spacial score (nSPS) is 11.8. The molecule has 0 bridgehead atoms. The number of rotatable bonds is 5. The average Bonchev–Trinajstić information content (AvgIpc) is 2.50. The van der Waals surface area contributed by atoms with E-state index in [1.54, 1.807) is 0 Å². The summed E-state index contributed by atoms with van der Waals surface area (Å²) in [6.45, 7) is 0. The molecule has 0 aliphatic heterocycles. The molecule has 0 radical (unpaired) electrons. The third kappa shape index (κ3) is 12.0. The standard InChI is InChI=1S/C12H8I2O12S4.4K/c13-11-7(27(15,16)17)1-5(2-8(11)28(18,19)20)6-3-9(29(21,22)23)12(14)10(4-6)30(24,25)26;;;;/h1-4H,(H,15,16,17)(H,18,19,20)(H,21,22,23)(H,24,25,26);;;;/q;4*+1/p-4. The maximum atomic E-state index is 11.5. The van der Waals surface area contributed by atoms with Crippen molar-refractivity contribution in [3.63, 3.8) is 0 Å². The van der Waals surface area contributed by atoms with Gasteiger partial charge in [-0.05, 0) is 80.6 Å². The van der Waals surface area contributed by atoms with Gasteiger partial charge < -0.3 is 18.2 Å². The van der Waals surface area contributed by atoms with Gasteiger partial charge >= 0.3 is 206 Å². The molecule has 0 aromatic heterocycles. The van der Waals surface area contributed by atoms with Crippen molar-refractivity contribution < 1.29 is 257 Å². The first-order valence-electron chi connectivity index (χ1n) is 6.75. The quantitative estimate of drug-likeness (QED) is 0.155. The van der Waals surface area contributed by atoms with E-state index in [0.29, 0.717) is 24.3 Å². The van der Waals surface area contributed by atoms with E-state index in [4.69, 9.17) is 0 Å². The third-order valence-corrected chi connectivity index (χ3v) is 10.7. The maximum Gasteiger partial charge on any atom is 1.00 e. The van der Waals surface area contributed by atoms with Crippen LogP contribution in [-0.2, 0) is 40.5 Å². The van der Waals surface area contributed by atoms with Gasteiger partial charge in [-0.25, -0.2) is 33.7 Å². The SMILES string of the molecule is O=S(=O)([O-])c1cc(-c2cc(S(=O)(=O)[O-])c(I)c(S(=O)(=O)[O-])c2)cc(S(=O)(=O)[O-])c1I.[K+].[K+].[K+].[K+]. The Balaban J connectivity index is -0.00000240. The molecular weight excluding hydrogens is 875 g/mol. The number of halogens is 2. The number of hydrogen-bond acceptors (Lipinski definition) is 12. The molecule has 166 valence electrons. The van der Waals surface area contributed by atoms with Crippen molar-refractivity contribution in [3.05, 3.63) is 31.4 Å². The fourth-order valence-electron chi connectivity index (χ4n) is 2.21. The topological polar surface area (TPSA) is 229 Å². The summed E-state index contributed by atoms with van der Waals surface area (Å²) in [5, 5.41) is 0.